The minimum absolute atomic E-state index is 0.0197. The van der Waals surface area contributed by atoms with E-state index in [2.05, 4.69) is 22.4 Å². The topological polar surface area (TPSA) is 102 Å². The number of aryl methyl sites for hydroxylation is 2. The molecule has 0 aliphatic heterocycles. The van der Waals surface area contributed by atoms with Gasteiger partial charge in [-0.15, -0.1) is 0 Å². The third kappa shape index (κ3) is 3.95. The van der Waals surface area contributed by atoms with Crippen LogP contribution in [-0.2, 0) is 13.1 Å². The predicted octanol–water partition coefficient (Wildman–Crippen LogP) is 2.72. The van der Waals surface area contributed by atoms with Crippen molar-refractivity contribution >= 4 is 11.9 Å². The van der Waals surface area contributed by atoms with Gasteiger partial charge < -0.3 is 10.4 Å². The van der Waals surface area contributed by atoms with E-state index in [0.717, 1.165) is 35.6 Å². The first-order valence-electron chi connectivity index (χ1n) is 9.11. The third-order valence-corrected chi connectivity index (χ3v) is 4.48. The van der Waals surface area contributed by atoms with Crippen molar-refractivity contribution in [2.24, 2.45) is 0 Å². The van der Waals surface area contributed by atoms with Gasteiger partial charge in [-0.3, -0.25) is 9.48 Å². The van der Waals surface area contributed by atoms with Gasteiger partial charge in [0.05, 0.1) is 16.9 Å². The van der Waals surface area contributed by atoms with Crippen LogP contribution in [0.25, 0.3) is 5.69 Å². The van der Waals surface area contributed by atoms with Gasteiger partial charge in [0.15, 0.2) is 5.69 Å². The molecule has 0 unspecified atom stereocenters. The molecular weight excluding hydrogens is 358 g/mol. The highest BCUT2D eigenvalue weighted by atomic mass is 16.4. The van der Waals surface area contributed by atoms with E-state index in [1.165, 1.54) is 10.7 Å². The Morgan fingerprint density at radius 3 is 2.64 bits per heavy atom. The summed E-state index contributed by atoms with van der Waals surface area (Å²) in [4.78, 5) is 23.7. The van der Waals surface area contributed by atoms with Crippen molar-refractivity contribution in [3.05, 3.63) is 64.7 Å². The van der Waals surface area contributed by atoms with Gasteiger partial charge in [0.1, 0.15) is 0 Å². The number of carbonyl (C=O) groups excluding carboxylic acids is 1. The number of carbonyl (C=O) groups is 2. The summed E-state index contributed by atoms with van der Waals surface area (Å²) in [7, 11) is 0. The quantitative estimate of drug-likeness (QED) is 0.655. The molecule has 2 heterocycles. The Hall–Kier alpha value is -3.42. The number of hydrogen-bond donors (Lipinski definition) is 2. The van der Waals surface area contributed by atoms with Crippen LogP contribution in [0.1, 0.15) is 51.1 Å². The van der Waals surface area contributed by atoms with E-state index in [-0.39, 0.29) is 11.6 Å². The molecule has 0 fully saturated rings. The number of benzene rings is 1. The molecule has 2 aromatic heterocycles. The average Bonchev–Trinajstić information content (AvgIpc) is 3.26. The van der Waals surface area contributed by atoms with Crippen molar-refractivity contribution in [1.82, 2.24) is 24.9 Å². The summed E-state index contributed by atoms with van der Waals surface area (Å²) < 4.78 is 3.36. The van der Waals surface area contributed by atoms with Crippen LogP contribution in [0.2, 0.25) is 0 Å². The lowest BCUT2D eigenvalue weighted by molar-refractivity contribution is 0.0689. The molecule has 0 radical (unpaired) electrons. The van der Waals surface area contributed by atoms with Crippen molar-refractivity contribution in [1.29, 1.82) is 0 Å². The van der Waals surface area contributed by atoms with Gasteiger partial charge in [-0.05, 0) is 44.0 Å². The van der Waals surface area contributed by atoms with Crippen LogP contribution in [0.3, 0.4) is 0 Å². The highest BCUT2D eigenvalue weighted by molar-refractivity contribution is 5.96. The van der Waals surface area contributed by atoms with Gasteiger partial charge in [0, 0.05) is 25.0 Å². The molecule has 3 rings (SSSR count). The maximum absolute atomic E-state index is 12.7. The van der Waals surface area contributed by atoms with E-state index in [0.29, 0.717) is 12.1 Å². The number of carboxylic acids is 1. The summed E-state index contributed by atoms with van der Waals surface area (Å²) in [5.74, 6) is -1.23. The lowest BCUT2D eigenvalue weighted by atomic mass is 10.1. The summed E-state index contributed by atoms with van der Waals surface area (Å²) in [6.45, 7) is 6.94. The Morgan fingerprint density at radius 1 is 1.18 bits per heavy atom. The van der Waals surface area contributed by atoms with Gasteiger partial charge in [-0.1, -0.05) is 19.1 Å². The molecule has 1 amide bonds. The fourth-order valence-corrected chi connectivity index (χ4v) is 3.12. The molecular formula is C20H23N5O3. The van der Waals surface area contributed by atoms with Crippen LogP contribution in [0.15, 0.2) is 36.5 Å². The van der Waals surface area contributed by atoms with E-state index in [9.17, 15) is 9.59 Å². The van der Waals surface area contributed by atoms with Crippen molar-refractivity contribution in [3.8, 4) is 5.69 Å². The minimum Gasteiger partial charge on any atom is -0.476 e. The number of nitrogens with zero attached hydrogens (tertiary/aromatic N) is 4. The molecule has 0 bridgehead atoms. The maximum atomic E-state index is 12.7. The second kappa shape index (κ2) is 8.08. The molecule has 0 aliphatic carbocycles. The first kappa shape index (κ1) is 19.3. The number of aromatic carboxylic acids is 1. The number of aromatic nitrogens is 4. The van der Waals surface area contributed by atoms with Crippen LogP contribution < -0.4 is 5.32 Å². The zero-order chi connectivity index (χ0) is 20.3. The smallest absolute Gasteiger partial charge is 0.356 e. The molecule has 2 N–H and O–H groups in total. The molecule has 3 aromatic rings. The number of rotatable bonds is 7. The van der Waals surface area contributed by atoms with E-state index in [1.54, 1.807) is 6.20 Å². The van der Waals surface area contributed by atoms with Gasteiger partial charge in [-0.2, -0.15) is 10.2 Å². The molecule has 0 spiro atoms. The monoisotopic (exact) mass is 381 g/mol. The van der Waals surface area contributed by atoms with E-state index in [4.69, 9.17) is 5.11 Å². The summed E-state index contributed by atoms with van der Waals surface area (Å²) in [6.07, 6.45) is 2.54. The number of amides is 1. The van der Waals surface area contributed by atoms with E-state index < -0.39 is 5.97 Å². The van der Waals surface area contributed by atoms with Crippen LogP contribution in [0.5, 0.6) is 0 Å². The highest BCUT2D eigenvalue weighted by Crippen LogP contribution is 2.15. The Balaban J connectivity index is 1.73. The number of carboxylic acid groups (broad SMARTS) is 1. The molecule has 1 aromatic carbocycles. The Kier molecular flexibility index (Phi) is 5.58. The standard InChI is InChI=1S/C20H23N5O3/c1-4-9-24-14(3)18(13(2)22-24)19(26)21-12-15-6-5-7-16(11-15)25-10-8-17(23-25)20(27)28/h5-8,10-11H,4,9,12H2,1-3H3,(H,21,26)(H,27,28). The van der Waals surface area contributed by atoms with Crippen molar-refractivity contribution in [2.75, 3.05) is 0 Å². The largest absolute Gasteiger partial charge is 0.476 e. The van der Waals surface area contributed by atoms with Crippen molar-refractivity contribution in [3.63, 3.8) is 0 Å². The Morgan fingerprint density at radius 2 is 1.96 bits per heavy atom. The van der Waals surface area contributed by atoms with Gasteiger partial charge in [0.2, 0.25) is 0 Å². The SMILES string of the molecule is CCCn1nc(C)c(C(=O)NCc2cccc(-n3ccc(C(=O)O)n3)c2)c1C. The van der Waals surface area contributed by atoms with Gasteiger partial charge >= 0.3 is 5.97 Å². The molecule has 146 valence electrons. The lowest BCUT2D eigenvalue weighted by Crippen LogP contribution is -2.24. The van der Waals surface area contributed by atoms with E-state index in [1.807, 2.05) is 42.8 Å². The Labute approximate surface area is 162 Å². The molecule has 8 nitrogen and oxygen atoms in total. The summed E-state index contributed by atoms with van der Waals surface area (Å²) in [5, 5.41) is 20.4. The molecule has 0 aliphatic rings. The van der Waals surface area contributed by atoms with Crippen LogP contribution >= 0.6 is 0 Å². The summed E-state index contributed by atoms with van der Waals surface area (Å²) in [6, 6.07) is 8.86. The van der Waals surface area contributed by atoms with Gasteiger partial charge in [-0.25, -0.2) is 9.48 Å². The first-order chi connectivity index (χ1) is 13.4. The van der Waals surface area contributed by atoms with Gasteiger partial charge in [0.25, 0.3) is 5.91 Å². The molecule has 8 heteroatoms. The molecule has 0 saturated carbocycles. The zero-order valence-corrected chi connectivity index (χ0v) is 16.1. The zero-order valence-electron chi connectivity index (χ0n) is 16.1. The average molecular weight is 381 g/mol. The Bertz CT molecular complexity index is 1020. The normalized spacial score (nSPS) is 10.8. The van der Waals surface area contributed by atoms with Crippen molar-refractivity contribution in [2.45, 2.75) is 40.3 Å². The number of hydrogen-bond acceptors (Lipinski definition) is 4. The van der Waals surface area contributed by atoms with E-state index >= 15 is 0 Å². The highest BCUT2D eigenvalue weighted by Gasteiger charge is 2.18. The minimum atomic E-state index is -1.07. The fraction of sp³-hybridized carbons (Fsp3) is 0.300. The summed E-state index contributed by atoms with van der Waals surface area (Å²) in [5.41, 5.74) is 3.78. The first-order valence-corrected chi connectivity index (χ1v) is 9.11. The second-order valence-corrected chi connectivity index (χ2v) is 6.57. The number of nitrogens with one attached hydrogen (secondary N) is 1. The maximum Gasteiger partial charge on any atom is 0.356 e. The second-order valence-electron chi connectivity index (χ2n) is 6.57. The van der Waals surface area contributed by atoms with Crippen LogP contribution in [0.4, 0.5) is 0 Å². The van der Waals surface area contributed by atoms with Crippen molar-refractivity contribution < 1.29 is 14.7 Å². The predicted molar refractivity (Wildman–Crippen MR) is 104 cm³/mol. The summed E-state index contributed by atoms with van der Waals surface area (Å²) >= 11 is 0. The molecule has 28 heavy (non-hydrogen) atoms. The third-order valence-electron chi connectivity index (χ3n) is 4.48. The lowest BCUT2D eigenvalue weighted by Gasteiger charge is -2.08. The van der Waals surface area contributed by atoms with Crippen LogP contribution in [-0.4, -0.2) is 36.5 Å². The fourth-order valence-electron chi connectivity index (χ4n) is 3.12. The molecule has 0 atom stereocenters. The molecule has 0 saturated heterocycles. The van der Waals surface area contributed by atoms with Crippen LogP contribution in [0, 0.1) is 13.8 Å².